The molecule has 0 unspecified atom stereocenters. The van der Waals surface area contributed by atoms with E-state index in [1.165, 1.54) is 11.6 Å². The average molecular weight is 321 g/mol. The molecule has 0 aliphatic carbocycles. The van der Waals surface area contributed by atoms with Crippen LogP contribution in [0.1, 0.15) is 12.0 Å². The van der Waals surface area contributed by atoms with E-state index in [0.29, 0.717) is 4.77 Å². The molecule has 0 spiro atoms. The summed E-state index contributed by atoms with van der Waals surface area (Å²) in [6.45, 7) is 0.745. The van der Waals surface area contributed by atoms with E-state index >= 15 is 0 Å². The molecule has 0 saturated carbocycles. The van der Waals surface area contributed by atoms with E-state index in [0.717, 1.165) is 30.4 Å². The highest BCUT2D eigenvalue weighted by Gasteiger charge is 2.08. The van der Waals surface area contributed by atoms with Crippen LogP contribution in [-0.2, 0) is 13.0 Å². The molecule has 3 rings (SSSR count). The lowest BCUT2D eigenvalue weighted by Crippen LogP contribution is -2.00. The van der Waals surface area contributed by atoms with Gasteiger partial charge in [-0.2, -0.15) is 0 Å². The molecular formula is C16H14ClFN2S. The van der Waals surface area contributed by atoms with Crippen LogP contribution in [0.25, 0.3) is 11.0 Å². The van der Waals surface area contributed by atoms with Crippen molar-refractivity contribution in [3.05, 3.63) is 63.6 Å². The van der Waals surface area contributed by atoms with Gasteiger partial charge in [0.15, 0.2) is 4.77 Å². The molecule has 21 heavy (non-hydrogen) atoms. The van der Waals surface area contributed by atoms with Gasteiger partial charge in [0.25, 0.3) is 0 Å². The number of nitrogens with one attached hydrogen (secondary N) is 1. The molecule has 2 nitrogen and oxygen atoms in total. The highest BCUT2D eigenvalue weighted by molar-refractivity contribution is 7.71. The predicted octanol–water partition coefficient (Wildman–Crippen LogP) is 5.12. The Labute approximate surface area is 132 Å². The highest BCUT2D eigenvalue weighted by atomic mass is 35.5. The first-order valence-electron chi connectivity index (χ1n) is 6.76. The number of aryl methyl sites for hydroxylation is 2. The Bertz CT molecular complexity index is 823. The van der Waals surface area contributed by atoms with Crippen LogP contribution < -0.4 is 0 Å². The van der Waals surface area contributed by atoms with Crippen LogP contribution in [0.5, 0.6) is 0 Å². The molecule has 0 atom stereocenters. The number of halogens is 2. The Kier molecular flexibility index (Phi) is 4.08. The van der Waals surface area contributed by atoms with Crippen molar-refractivity contribution >= 4 is 34.9 Å². The second kappa shape index (κ2) is 6.00. The van der Waals surface area contributed by atoms with Crippen molar-refractivity contribution in [1.29, 1.82) is 0 Å². The zero-order chi connectivity index (χ0) is 14.8. The quantitative estimate of drug-likeness (QED) is 0.661. The maximum atomic E-state index is 13.6. The normalized spacial score (nSPS) is 11.1. The Morgan fingerprint density at radius 2 is 1.95 bits per heavy atom. The van der Waals surface area contributed by atoms with Crippen LogP contribution in [-0.4, -0.2) is 9.55 Å². The second-order valence-corrected chi connectivity index (χ2v) is 5.75. The fraction of sp³-hybridized carbons (Fsp3) is 0.188. The molecule has 1 aromatic heterocycles. The number of aromatic amines is 1. The van der Waals surface area contributed by atoms with Gasteiger partial charge < -0.3 is 9.55 Å². The molecule has 5 heteroatoms. The van der Waals surface area contributed by atoms with E-state index in [2.05, 4.69) is 17.1 Å². The predicted molar refractivity (Wildman–Crippen MR) is 86.9 cm³/mol. The molecule has 0 radical (unpaired) electrons. The zero-order valence-electron chi connectivity index (χ0n) is 11.3. The van der Waals surface area contributed by atoms with Crippen molar-refractivity contribution in [2.45, 2.75) is 19.4 Å². The van der Waals surface area contributed by atoms with E-state index in [1.54, 1.807) is 6.07 Å². The molecule has 1 heterocycles. The van der Waals surface area contributed by atoms with E-state index in [4.69, 9.17) is 23.8 Å². The summed E-state index contributed by atoms with van der Waals surface area (Å²) in [5.74, 6) is -0.421. The third-order valence-corrected chi connectivity index (χ3v) is 4.12. The van der Waals surface area contributed by atoms with Gasteiger partial charge in [-0.25, -0.2) is 4.39 Å². The molecule has 2 aromatic carbocycles. The number of hydrogen-bond donors (Lipinski definition) is 1. The molecule has 108 valence electrons. The van der Waals surface area contributed by atoms with Crippen LogP contribution >= 0.6 is 23.8 Å². The number of aromatic nitrogens is 2. The molecule has 1 N–H and O–H groups in total. The average Bonchev–Trinajstić information content (AvgIpc) is 2.76. The van der Waals surface area contributed by atoms with Crippen LogP contribution in [0.2, 0.25) is 5.02 Å². The fourth-order valence-corrected chi connectivity index (χ4v) is 2.92. The number of rotatable bonds is 4. The van der Waals surface area contributed by atoms with E-state index < -0.39 is 5.82 Å². The Morgan fingerprint density at radius 3 is 2.71 bits per heavy atom. The summed E-state index contributed by atoms with van der Waals surface area (Å²) < 4.78 is 16.2. The van der Waals surface area contributed by atoms with Crippen LogP contribution in [0.15, 0.2) is 42.5 Å². The van der Waals surface area contributed by atoms with E-state index in [1.807, 2.05) is 22.8 Å². The molecule has 0 saturated heterocycles. The minimum Gasteiger partial charge on any atom is -0.331 e. The Balaban J connectivity index is 1.82. The van der Waals surface area contributed by atoms with Crippen molar-refractivity contribution in [3.63, 3.8) is 0 Å². The van der Waals surface area contributed by atoms with Crippen molar-refractivity contribution in [1.82, 2.24) is 9.55 Å². The van der Waals surface area contributed by atoms with Gasteiger partial charge in [0.1, 0.15) is 5.82 Å². The van der Waals surface area contributed by atoms with Gasteiger partial charge in [-0.1, -0.05) is 41.9 Å². The smallest absolute Gasteiger partial charge is 0.178 e. The topological polar surface area (TPSA) is 20.7 Å². The van der Waals surface area contributed by atoms with Gasteiger partial charge in [-0.05, 0) is 36.7 Å². The summed E-state index contributed by atoms with van der Waals surface area (Å²) in [5.41, 5.74) is 2.82. The maximum absolute atomic E-state index is 13.6. The van der Waals surface area contributed by atoms with Gasteiger partial charge in [-0.3, -0.25) is 0 Å². The van der Waals surface area contributed by atoms with Crippen LogP contribution in [0, 0.1) is 10.6 Å². The van der Waals surface area contributed by atoms with Gasteiger partial charge in [0, 0.05) is 12.6 Å². The third kappa shape index (κ3) is 3.01. The molecule has 3 aromatic rings. The first-order valence-corrected chi connectivity index (χ1v) is 7.55. The molecule has 0 bridgehead atoms. The fourth-order valence-electron chi connectivity index (χ4n) is 2.46. The summed E-state index contributed by atoms with van der Waals surface area (Å²) in [5, 5.41) is 0.107. The first kappa shape index (κ1) is 14.3. The highest BCUT2D eigenvalue weighted by Crippen LogP contribution is 2.23. The Hall–Kier alpha value is -1.65. The van der Waals surface area contributed by atoms with Crippen LogP contribution in [0.4, 0.5) is 4.39 Å². The molecule has 0 fully saturated rings. The summed E-state index contributed by atoms with van der Waals surface area (Å²) in [6.07, 6.45) is 1.90. The molecular weight excluding hydrogens is 307 g/mol. The summed E-state index contributed by atoms with van der Waals surface area (Å²) in [6, 6.07) is 13.3. The maximum Gasteiger partial charge on any atom is 0.178 e. The number of nitrogens with zero attached hydrogens (tertiary/aromatic N) is 1. The summed E-state index contributed by atoms with van der Waals surface area (Å²) >= 11 is 11.1. The second-order valence-electron chi connectivity index (χ2n) is 4.95. The summed E-state index contributed by atoms with van der Waals surface area (Å²) in [4.78, 5) is 3.07. The summed E-state index contributed by atoms with van der Waals surface area (Å²) in [7, 11) is 0. The Morgan fingerprint density at radius 1 is 1.19 bits per heavy atom. The standard InChI is InChI=1S/C16H14ClFN2S/c17-12-9-14-15(10-13(12)18)20(16(21)19-14)8-4-7-11-5-2-1-3-6-11/h1-3,5-6,9-10H,4,7-8H2,(H,19,21). The van der Waals surface area contributed by atoms with Crippen LogP contribution in [0.3, 0.4) is 0 Å². The van der Waals surface area contributed by atoms with Crippen molar-refractivity contribution in [2.75, 3.05) is 0 Å². The molecule has 0 aliphatic heterocycles. The minimum atomic E-state index is -0.421. The van der Waals surface area contributed by atoms with Crippen molar-refractivity contribution in [3.8, 4) is 0 Å². The SMILES string of the molecule is Fc1cc2c(cc1Cl)[nH]c(=S)n2CCCc1ccccc1. The zero-order valence-corrected chi connectivity index (χ0v) is 12.8. The van der Waals surface area contributed by atoms with Gasteiger partial charge >= 0.3 is 0 Å². The van der Waals surface area contributed by atoms with Gasteiger partial charge in [0.05, 0.1) is 16.1 Å². The number of benzene rings is 2. The lowest BCUT2D eigenvalue weighted by molar-refractivity contribution is 0.624. The number of imidazole rings is 1. The largest absolute Gasteiger partial charge is 0.331 e. The lowest BCUT2D eigenvalue weighted by atomic mass is 10.1. The monoisotopic (exact) mass is 320 g/mol. The molecule has 0 aliphatic rings. The minimum absolute atomic E-state index is 0.107. The van der Waals surface area contributed by atoms with Gasteiger partial charge in [0.2, 0.25) is 0 Å². The first-order chi connectivity index (χ1) is 10.1. The number of hydrogen-bond acceptors (Lipinski definition) is 1. The molecule has 0 amide bonds. The van der Waals surface area contributed by atoms with E-state index in [9.17, 15) is 4.39 Å². The van der Waals surface area contributed by atoms with E-state index in [-0.39, 0.29) is 5.02 Å². The lowest BCUT2D eigenvalue weighted by Gasteiger charge is -2.05. The van der Waals surface area contributed by atoms with Crippen molar-refractivity contribution < 1.29 is 4.39 Å². The third-order valence-electron chi connectivity index (χ3n) is 3.51. The number of H-pyrrole nitrogens is 1. The van der Waals surface area contributed by atoms with Gasteiger partial charge in [-0.15, -0.1) is 0 Å². The van der Waals surface area contributed by atoms with Crippen molar-refractivity contribution in [2.24, 2.45) is 0 Å². The number of fused-ring (bicyclic) bond motifs is 1.